The Balaban J connectivity index is 0.00000166. The normalized spacial score (nSPS) is 10.6. The Bertz CT molecular complexity index is 1010. The van der Waals surface area contributed by atoms with Crippen molar-refractivity contribution < 1.29 is 19.3 Å². The van der Waals surface area contributed by atoms with Crippen LogP contribution < -0.4 is 19.8 Å². The molecule has 0 amide bonds. The van der Waals surface area contributed by atoms with E-state index in [9.17, 15) is 9.90 Å². The van der Waals surface area contributed by atoms with Crippen LogP contribution in [-0.2, 0) is 6.61 Å². The molecule has 3 aromatic rings. The largest absolute Gasteiger partial charge is 0.493 e. The fraction of sp³-hybridized carbons (Fsp3) is 0.333. The average molecular weight is 427 g/mol. The first-order chi connectivity index (χ1) is 14.9. The van der Waals surface area contributed by atoms with Crippen molar-refractivity contribution in [2.45, 2.75) is 39.9 Å². The second-order valence-corrected chi connectivity index (χ2v) is 7.14. The first-order valence-electron chi connectivity index (χ1n) is 10.1. The van der Waals surface area contributed by atoms with Gasteiger partial charge in [-0.3, -0.25) is 9.36 Å². The number of aromatic nitrogens is 2. The monoisotopic (exact) mass is 426 g/mol. The number of pyridine rings is 2. The molecule has 0 unspecified atom stereocenters. The maximum absolute atomic E-state index is 12.6. The summed E-state index contributed by atoms with van der Waals surface area (Å²) in [5, 5.41) is 9.83. The van der Waals surface area contributed by atoms with E-state index in [0.717, 1.165) is 5.56 Å². The van der Waals surface area contributed by atoms with E-state index in [4.69, 9.17) is 14.2 Å². The molecule has 0 fully saturated rings. The lowest BCUT2D eigenvalue weighted by Gasteiger charge is -2.19. The molecular weight excluding hydrogens is 396 g/mol. The van der Waals surface area contributed by atoms with Gasteiger partial charge in [0.2, 0.25) is 5.88 Å². The van der Waals surface area contributed by atoms with Crippen molar-refractivity contribution in [2.75, 3.05) is 13.7 Å². The number of aliphatic hydroxyl groups is 1. The van der Waals surface area contributed by atoms with Gasteiger partial charge in [-0.1, -0.05) is 19.9 Å². The second kappa shape index (κ2) is 11.2. The quantitative estimate of drug-likeness (QED) is 0.586. The number of hydrogen-bond donors (Lipinski definition) is 1. The van der Waals surface area contributed by atoms with Crippen LogP contribution in [0.15, 0.2) is 65.7 Å². The molecule has 0 saturated carbocycles. The van der Waals surface area contributed by atoms with Crippen molar-refractivity contribution in [2.24, 2.45) is 0 Å². The first-order valence-corrected chi connectivity index (χ1v) is 10.1. The molecule has 2 heterocycles. The summed E-state index contributed by atoms with van der Waals surface area (Å²) >= 11 is 0. The van der Waals surface area contributed by atoms with Gasteiger partial charge in [0.1, 0.15) is 13.2 Å². The van der Waals surface area contributed by atoms with Crippen molar-refractivity contribution in [3.8, 4) is 23.1 Å². The average Bonchev–Trinajstić information content (AvgIpc) is 2.78. The zero-order chi connectivity index (χ0) is 22.9. The lowest BCUT2D eigenvalue weighted by molar-refractivity contribution is 0.0276. The predicted molar refractivity (Wildman–Crippen MR) is 120 cm³/mol. The summed E-state index contributed by atoms with van der Waals surface area (Å²) in [7, 11) is 1.52. The minimum absolute atomic E-state index is 0.119. The number of benzene rings is 1. The van der Waals surface area contributed by atoms with Crippen molar-refractivity contribution in [1.82, 2.24) is 9.55 Å². The molecule has 0 saturated heterocycles. The highest BCUT2D eigenvalue weighted by molar-refractivity contribution is 5.49. The summed E-state index contributed by atoms with van der Waals surface area (Å²) in [4.78, 5) is 16.7. The molecule has 0 bridgehead atoms. The van der Waals surface area contributed by atoms with Gasteiger partial charge >= 0.3 is 0 Å². The zero-order valence-corrected chi connectivity index (χ0v) is 18.7. The minimum Gasteiger partial charge on any atom is -0.493 e. The number of methoxy groups -OCH3 is 1. The molecule has 0 radical (unpaired) electrons. The third-order valence-electron chi connectivity index (χ3n) is 4.01. The SMILES string of the molecule is CC.COc1cc(-n2ccc(COc3ccccn3)cc2=O)ccc1OCC(C)(C)O. The molecular formula is C24H30N2O5. The van der Waals surface area contributed by atoms with Gasteiger partial charge in [0, 0.05) is 30.6 Å². The minimum atomic E-state index is -0.964. The Labute approximate surface area is 182 Å². The standard InChI is InChI=1S/C22H24N2O5.C2H6/c1-22(2,26)15-29-18-8-7-17(13-19(18)27-3)24-11-9-16(12-21(24)25)14-28-20-6-4-5-10-23-20;1-2/h4-13,26H,14-15H2,1-3H3;1-2H3. The molecule has 1 aromatic carbocycles. The Morgan fingerprint density at radius 2 is 1.81 bits per heavy atom. The molecule has 7 heteroatoms. The van der Waals surface area contributed by atoms with E-state index in [1.165, 1.54) is 17.7 Å². The highest BCUT2D eigenvalue weighted by Gasteiger charge is 2.16. The lowest BCUT2D eigenvalue weighted by atomic mass is 10.2. The summed E-state index contributed by atoms with van der Waals surface area (Å²) in [6, 6.07) is 13.9. The van der Waals surface area contributed by atoms with Crippen molar-refractivity contribution in [1.29, 1.82) is 0 Å². The summed E-state index contributed by atoms with van der Waals surface area (Å²) in [6.07, 6.45) is 3.33. The molecule has 31 heavy (non-hydrogen) atoms. The smallest absolute Gasteiger partial charge is 0.255 e. The maximum Gasteiger partial charge on any atom is 0.255 e. The molecule has 7 nitrogen and oxygen atoms in total. The van der Waals surface area contributed by atoms with Crippen LogP contribution in [-0.4, -0.2) is 34.0 Å². The van der Waals surface area contributed by atoms with Crippen molar-refractivity contribution in [3.63, 3.8) is 0 Å². The second-order valence-electron chi connectivity index (χ2n) is 7.14. The molecule has 166 valence electrons. The van der Waals surface area contributed by atoms with E-state index in [0.29, 0.717) is 23.1 Å². The summed E-state index contributed by atoms with van der Waals surface area (Å²) in [5.74, 6) is 1.47. The van der Waals surface area contributed by atoms with Gasteiger partial charge in [0.25, 0.3) is 5.56 Å². The van der Waals surface area contributed by atoms with Gasteiger partial charge in [-0.2, -0.15) is 0 Å². The van der Waals surface area contributed by atoms with Crippen molar-refractivity contribution >= 4 is 0 Å². The van der Waals surface area contributed by atoms with Crippen LogP contribution in [0.25, 0.3) is 5.69 Å². The third kappa shape index (κ3) is 7.15. The van der Waals surface area contributed by atoms with Gasteiger partial charge in [-0.05, 0) is 43.7 Å². The Kier molecular flexibility index (Phi) is 8.63. The number of nitrogens with zero attached hydrogens (tertiary/aromatic N) is 2. The van der Waals surface area contributed by atoms with Crippen LogP contribution in [0.5, 0.6) is 17.4 Å². The maximum atomic E-state index is 12.6. The molecule has 0 atom stereocenters. The third-order valence-corrected chi connectivity index (χ3v) is 4.01. The molecule has 0 spiro atoms. The topological polar surface area (TPSA) is 82.8 Å². The van der Waals surface area contributed by atoms with Crippen LogP contribution in [0.2, 0.25) is 0 Å². The number of rotatable bonds is 8. The van der Waals surface area contributed by atoms with Gasteiger partial charge in [0.05, 0.1) is 18.4 Å². The first kappa shape index (κ1) is 24.0. The fourth-order valence-electron chi connectivity index (χ4n) is 2.59. The molecule has 3 rings (SSSR count). The molecule has 2 aromatic heterocycles. The van der Waals surface area contributed by atoms with E-state index in [2.05, 4.69) is 4.98 Å². The molecule has 0 aliphatic heterocycles. The van der Waals surface area contributed by atoms with E-state index >= 15 is 0 Å². The van der Waals surface area contributed by atoms with E-state index in [1.807, 2.05) is 32.0 Å². The Hall–Kier alpha value is -3.32. The predicted octanol–water partition coefficient (Wildman–Crippen LogP) is 4.00. The van der Waals surface area contributed by atoms with Gasteiger partial charge < -0.3 is 19.3 Å². The number of ether oxygens (including phenoxy) is 3. The Morgan fingerprint density at radius 3 is 2.42 bits per heavy atom. The lowest BCUT2D eigenvalue weighted by Crippen LogP contribution is -2.28. The van der Waals surface area contributed by atoms with Crippen LogP contribution in [0.3, 0.4) is 0 Å². The van der Waals surface area contributed by atoms with Gasteiger partial charge in [-0.15, -0.1) is 0 Å². The highest BCUT2D eigenvalue weighted by atomic mass is 16.5. The summed E-state index contributed by atoms with van der Waals surface area (Å²) < 4.78 is 18.1. The molecule has 1 N–H and O–H groups in total. The molecule has 0 aliphatic carbocycles. The van der Waals surface area contributed by atoms with Crippen LogP contribution in [0, 0.1) is 0 Å². The summed E-state index contributed by atoms with van der Waals surface area (Å²) in [6.45, 7) is 7.69. The number of hydrogen-bond acceptors (Lipinski definition) is 6. The van der Waals surface area contributed by atoms with E-state index in [-0.39, 0.29) is 18.8 Å². The molecule has 0 aliphatic rings. The van der Waals surface area contributed by atoms with Crippen molar-refractivity contribution in [3.05, 3.63) is 76.8 Å². The van der Waals surface area contributed by atoms with Crippen LogP contribution in [0.4, 0.5) is 0 Å². The Morgan fingerprint density at radius 1 is 1.03 bits per heavy atom. The van der Waals surface area contributed by atoms with E-state index < -0.39 is 5.60 Å². The highest BCUT2D eigenvalue weighted by Crippen LogP contribution is 2.29. The zero-order valence-electron chi connectivity index (χ0n) is 18.7. The van der Waals surface area contributed by atoms with Crippen LogP contribution in [0.1, 0.15) is 33.3 Å². The van der Waals surface area contributed by atoms with Crippen LogP contribution >= 0.6 is 0 Å². The summed E-state index contributed by atoms with van der Waals surface area (Å²) in [5.41, 5.74) is 0.223. The van der Waals surface area contributed by atoms with Gasteiger partial charge in [0.15, 0.2) is 11.5 Å². The van der Waals surface area contributed by atoms with E-state index in [1.54, 1.807) is 50.5 Å². The fourth-order valence-corrected chi connectivity index (χ4v) is 2.59. The van der Waals surface area contributed by atoms with Gasteiger partial charge in [-0.25, -0.2) is 4.98 Å².